The van der Waals surface area contributed by atoms with Gasteiger partial charge in [-0.3, -0.25) is 4.79 Å². The Morgan fingerprint density at radius 2 is 2.25 bits per heavy atom. The molecule has 5 nitrogen and oxygen atoms in total. The summed E-state index contributed by atoms with van der Waals surface area (Å²) in [4.78, 5) is 11.6. The lowest BCUT2D eigenvalue weighted by atomic mass is 10.0. The van der Waals surface area contributed by atoms with Crippen LogP contribution in [0.4, 0.5) is 0 Å². The van der Waals surface area contributed by atoms with E-state index in [1.165, 1.54) is 0 Å². The van der Waals surface area contributed by atoms with Crippen LogP contribution in [0, 0.1) is 6.92 Å². The molecule has 2 N–H and O–H groups in total. The zero-order chi connectivity index (χ0) is 14.4. The molecular weight excluding hydrogens is 256 g/mol. The summed E-state index contributed by atoms with van der Waals surface area (Å²) in [6.07, 6.45) is 0. The highest BCUT2D eigenvalue weighted by Gasteiger charge is 2.32. The van der Waals surface area contributed by atoms with Gasteiger partial charge in [0.25, 0.3) is 0 Å². The Morgan fingerprint density at radius 1 is 1.45 bits per heavy atom. The highest BCUT2D eigenvalue weighted by molar-refractivity contribution is 5.77. The maximum absolute atomic E-state index is 11.6. The van der Waals surface area contributed by atoms with Crippen molar-refractivity contribution in [2.45, 2.75) is 19.4 Å². The van der Waals surface area contributed by atoms with E-state index in [1.807, 2.05) is 38.1 Å². The van der Waals surface area contributed by atoms with Crippen LogP contribution in [-0.4, -0.2) is 44.4 Å². The fraction of sp³-hybridized carbons (Fsp3) is 0.533. The normalized spacial score (nSPS) is 16.3. The molecule has 1 amide bonds. The Hall–Kier alpha value is -1.59. The number of rotatable bonds is 7. The highest BCUT2D eigenvalue weighted by Crippen LogP contribution is 2.14. The largest absolute Gasteiger partial charge is 0.492 e. The first-order chi connectivity index (χ1) is 9.57. The molecule has 0 aromatic heterocycles. The first-order valence-electron chi connectivity index (χ1n) is 6.88. The quantitative estimate of drug-likeness (QED) is 0.727. The second-order valence-corrected chi connectivity index (χ2v) is 5.36. The first kappa shape index (κ1) is 14.8. The molecule has 1 fully saturated rings. The van der Waals surface area contributed by atoms with Gasteiger partial charge in [0.1, 0.15) is 19.0 Å². The molecular formula is C15H22N2O3. The predicted octanol–water partition coefficient (Wildman–Crippen LogP) is 0.869. The lowest BCUT2D eigenvalue weighted by molar-refractivity contribution is -0.135. The minimum atomic E-state index is -0.185. The number of aryl methyl sites for hydroxylation is 1. The van der Waals surface area contributed by atoms with Gasteiger partial charge in [0, 0.05) is 13.1 Å². The molecule has 1 aliphatic rings. The summed E-state index contributed by atoms with van der Waals surface area (Å²) < 4.78 is 11.1. The summed E-state index contributed by atoms with van der Waals surface area (Å²) in [7, 11) is 0. The third-order valence-electron chi connectivity index (χ3n) is 3.23. The predicted molar refractivity (Wildman–Crippen MR) is 76.9 cm³/mol. The van der Waals surface area contributed by atoms with Crippen molar-refractivity contribution in [2.75, 3.05) is 32.8 Å². The molecule has 0 spiro atoms. The maximum Gasteiger partial charge on any atom is 0.246 e. The average molecular weight is 278 g/mol. The van der Waals surface area contributed by atoms with Gasteiger partial charge in [-0.25, -0.2) is 0 Å². The summed E-state index contributed by atoms with van der Waals surface area (Å²) in [5.74, 6) is 0.717. The van der Waals surface area contributed by atoms with Gasteiger partial charge in [0.2, 0.25) is 5.91 Å². The van der Waals surface area contributed by atoms with Gasteiger partial charge in [-0.05, 0) is 31.5 Å². The van der Waals surface area contributed by atoms with Crippen LogP contribution in [0.1, 0.15) is 12.5 Å². The zero-order valence-corrected chi connectivity index (χ0v) is 12.1. The molecule has 0 atom stereocenters. The maximum atomic E-state index is 11.6. The van der Waals surface area contributed by atoms with Crippen molar-refractivity contribution in [3.05, 3.63) is 29.8 Å². The number of carbonyl (C=O) groups is 1. The van der Waals surface area contributed by atoms with Crippen molar-refractivity contribution >= 4 is 5.91 Å². The minimum absolute atomic E-state index is 0.0998. The van der Waals surface area contributed by atoms with Crippen molar-refractivity contribution < 1.29 is 14.3 Å². The molecule has 1 saturated heterocycles. The Labute approximate surface area is 119 Å². The second kappa shape index (κ2) is 6.72. The van der Waals surface area contributed by atoms with E-state index in [0.29, 0.717) is 13.2 Å². The summed E-state index contributed by atoms with van der Waals surface area (Å²) >= 11 is 0. The molecule has 110 valence electrons. The fourth-order valence-corrected chi connectivity index (χ4v) is 1.93. The smallest absolute Gasteiger partial charge is 0.246 e. The van der Waals surface area contributed by atoms with E-state index in [-0.39, 0.29) is 18.1 Å². The number of carbonyl (C=O) groups excluding carboxylic acids is 1. The third kappa shape index (κ3) is 4.51. The number of hydrogen-bond donors (Lipinski definition) is 2. The standard InChI is InChI=1S/C15H22N2O3/c1-12-4-3-5-13(8-12)19-7-6-17-14(18)9-20-15(2)10-16-11-15/h3-5,8,16H,6-7,9-11H2,1-2H3,(H,17,18). The SMILES string of the molecule is Cc1cccc(OCCNC(=O)COC2(C)CNC2)c1. The van der Waals surface area contributed by atoms with Gasteiger partial charge in [0.05, 0.1) is 12.1 Å². The molecule has 1 aromatic carbocycles. The van der Waals surface area contributed by atoms with Crippen LogP contribution in [0.3, 0.4) is 0 Å². The van der Waals surface area contributed by atoms with Crippen LogP contribution in [0.25, 0.3) is 0 Å². The summed E-state index contributed by atoms with van der Waals surface area (Å²) in [6, 6.07) is 7.84. The molecule has 0 unspecified atom stereocenters. The molecule has 0 radical (unpaired) electrons. The van der Waals surface area contributed by atoms with Crippen LogP contribution in [0.2, 0.25) is 0 Å². The van der Waals surface area contributed by atoms with E-state index in [0.717, 1.165) is 24.4 Å². The highest BCUT2D eigenvalue weighted by atomic mass is 16.5. The van der Waals surface area contributed by atoms with Crippen molar-refractivity contribution in [3.8, 4) is 5.75 Å². The van der Waals surface area contributed by atoms with Crippen LogP contribution < -0.4 is 15.4 Å². The van der Waals surface area contributed by atoms with E-state index >= 15 is 0 Å². The average Bonchev–Trinajstić information content (AvgIpc) is 2.39. The molecule has 0 aliphatic carbocycles. The van der Waals surface area contributed by atoms with E-state index in [9.17, 15) is 4.79 Å². The van der Waals surface area contributed by atoms with Gasteiger partial charge in [0.15, 0.2) is 0 Å². The lowest BCUT2D eigenvalue weighted by Crippen LogP contribution is -2.59. The second-order valence-electron chi connectivity index (χ2n) is 5.36. The van der Waals surface area contributed by atoms with Gasteiger partial charge < -0.3 is 20.1 Å². The van der Waals surface area contributed by atoms with E-state index in [2.05, 4.69) is 10.6 Å². The molecule has 1 aromatic rings. The van der Waals surface area contributed by atoms with E-state index in [4.69, 9.17) is 9.47 Å². The summed E-state index contributed by atoms with van der Waals surface area (Å²) in [6.45, 7) is 6.65. The van der Waals surface area contributed by atoms with E-state index in [1.54, 1.807) is 0 Å². The zero-order valence-electron chi connectivity index (χ0n) is 12.1. The molecule has 1 heterocycles. The minimum Gasteiger partial charge on any atom is -0.492 e. The summed E-state index contributed by atoms with van der Waals surface area (Å²) in [5.41, 5.74) is 0.970. The number of hydrogen-bond acceptors (Lipinski definition) is 4. The number of amides is 1. The van der Waals surface area contributed by atoms with Crippen LogP contribution in [-0.2, 0) is 9.53 Å². The fourth-order valence-electron chi connectivity index (χ4n) is 1.93. The lowest BCUT2D eigenvalue weighted by Gasteiger charge is -2.38. The third-order valence-corrected chi connectivity index (χ3v) is 3.23. The summed E-state index contributed by atoms with van der Waals surface area (Å²) in [5, 5.41) is 5.90. The number of nitrogens with one attached hydrogen (secondary N) is 2. The van der Waals surface area contributed by atoms with Crippen molar-refractivity contribution in [2.24, 2.45) is 0 Å². The molecule has 5 heteroatoms. The van der Waals surface area contributed by atoms with E-state index < -0.39 is 0 Å². The Balaban J connectivity index is 1.57. The van der Waals surface area contributed by atoms with Gasteiger partial charge in [-0.1, -0.05) is 12.1 Å². The molecule has 2 rings (SSSR count). The Kier molecular flexibility index (Phi) is 4.98. The van der Waals surface area contributed by atoms with Crippen LogP contribution in [0.5, 0.6) is 5.75 Å². The van der Waals surface area contributed by atoms with Gasteiger partial charge >= 0.3 is 0 Å². The topological polar surface area (TPSA) is 59.6 Å². The van der Waals surface area contributed by atoms with Crippen molar-refractivity contribution in [3.63, 3.8) is 0 Å². The molecule has 1 aliphatic heterocycles. The van der Waals surface area contributed by atoms with Crippen molar-refractivity contribution in [1.29, 1.82) is 0 Å². The van der Waals surface area contributed by atoms with Crippen LogP contribution in [0.15, 0.2) is 24.3 Å². The molecule has 20 heavy (non-hydrogen) atoms. The monoisotopic (exact) mass is 278 g/mol. The van der Waals surface area contributed by atoms with Gasteiger partial charge in [-0.15, -0.1) is 0 Å². The van der Waals surface area contributed by atoms with Crippen molar-refractivity contribution in [1.82, 2.24) is 10.6 Å². The molecule has 0 saturated carbocycles. The molecule has 0 bridgehead atoms. The Bertz CT molecular complexity index is 458. The first-order valence-corrected chi connectivity index (χ1v) is 6.88. The van der Waals surface area contributed by atoms with Crippen LogP contribution >= 0.6 is 0 Å². The van der Waals surface area contributed by atoms with Gasteiger partial charge in [-0.2, -0.15) is 0 Å². The number of ether oxygens (including phenoxy) is 2. The Morgan fingerprint density at radius 3 is 2.90 bits per heavy atom. The number of benzene rings is 1.